The molecule has 0 heterocycles. The van der Waals surface area contributed by atoms with E-state index in [1.165, 1.54) is 30.3 Å². The fourth-order valence-corrected chi connectivity index (χ4v) is 3.47. The summed E-state index contributed by atoms with van der Waals surface area (Å²) in [6.45, 7) is 5.53. The molecule has 6 nitrogen and oxygen atoms in total. The second kappa shape index (κ2) is 9.11. The molecular weight excluding hydrogens is 383 g/mol. The molecule has 0 aromatic heterocycles. The van der Waals surface area contributed by atoms with Crippen molar-refractivity contribution >= 4 is 22.4 Å². The van der Waals surface area contributed by atoms with E-state index in [1.807, 2.05) is 13.8 Å². The van der Waals surface area contributed by atoms with E-state index in [9.17, 15) is 25.0 Å². The molecule has 0 bridgehead atoms. The zero-order valence-electron chi connectivity index (χ0n) is 15.8. The Morgan fingerprint density at radius 3 is 2.32 bits per heavy atom. The van der Waals surface area contributed by atoms with E-state index < -0.39 is 4.92 Å². The highest BCUT2D eigenvalue weighted by Crippen LogP contribution is 2.41. The van der Waals surface area contributed by atoms with Gasteiger partial charge in [-0.15, -0.1) is 10.4 Å². The number of nitrogens with zero attached hydrogens (tertiary/aromatic N) is 1. The SMILES string of the molecule is C/C=C(\SC(=C(C)CC)c1ccc(F)cc1)[N+](O)(O)Nc1ccc(O)cc1O. The van der Waals surface area contributed by atoms with Gasteiger partial charge in [0.05, 0.1) is 4.92 Å². The van der Waals surface area contributed by atoms with Gasteiger partial charge >= 0.3 is 0 Å². The van der Waals surface area contributed by atoms with Crippen LogP contribution in [0.3, 0.4) is 0 Å². The number of rotatable bonds is 7. The summed E-state index contributed by atoms with van der Waals surface area (Å²) in [5, 5.41) is 40.5. The maximum atomic E-state index is 13.3. The third-order valence-electron chi connectivity index (χ3n) is 4.04. The maximum Gasteiger partial charge on any atom is 0.262 e. The van der Waals surface area contributed by atoms with Gasteiger partial charge in [0.2, 0.25) is 0 Å². The highest BCUT2D eigenvalue weighted by Gasteiger charge is 2.33. The monoisotopic (exact) mass is 407 g/mol. The molecule has 0 atom stereocenters. The van der Waals surface area contributed by atoms with E-state index in [-0.39, 0.29) is 28.0 Å². The summed E-state index contributed by atoms with van der Waals surface area (Å²) in [5.41, 5.74) is 4.16. The predicted octanol–water partition coefficient (Wildman–Crippen LogP) is 5.59. The van der Waals surface area contributed by atoms with Crippen molar-refractivity contribution in [2.45, 2.75) is 27.2 Å². The van der Waals surface area contributed by atoms with Gasteiger partial charge in [-0.3, -0.25) is 0 Å². The normalized spacial score (nSPS) is 13.3. The third kappa shape index (κ3) is 5.26. The van der Waals surface area contributed by atoms with Crippen LogP contribution >= 0.6 is 11.8 Å². The van der Waals surface area contributed by atoms with Gasteiger partial charge in [0, 0.05) is 11.0 Å². The van der Waals surface area contributed by atoms with Crippen molar-refractivity contribution < 1.29 is 29.9 Å². The number of phenols is 2. The van der Waals surface area contributed by atoms with Gasteiger partial charge in [-0.05, 0) is 67.9 Å². The third-order valence-corrected chi connectivity index (χ3v) is 5.53. The standard InChI is InChI=1S/C20H23FN2O4S/c1-4-13(3)20(14-6-8-15(21)9-7-14)28-19(5-2)23(26,27)22-17-11-10-16(24)12-18(17)25/h5-12,22,26-27H,4H2,1-3H3,(H-,24,25)/p+1/b19-5-,20-13?. The van der Waals surface area contributed by atoms with Crippen LogP contribution in [0.2, 0.25) is 0 Å². The number of nitrogens with one attached hydrogen (secondary N) is 1. The predicted molar refractivity (Wildman–Crippen MR) is 108 cm³/mol. The second-order valence-corrected chi connectivity index (χ2v) is 7.14. The number of phenolic OH excluding ortho intramolecular Hbond substituents is 2. The second-order valence-electron chi connectivity index (χ2n) is 6.11. The van der Waals surface area contributed by atoms with Gasteiger partial charge in [0.25, 0.3) is 5.03 Å². The minimum atomic E-state index is -1.72. The summed E-state index contributed by atoms with van der Waals surface area (Å²) in [7, 11) is 0. The van der Waals surface area contributed by atoms with Crippen molar-refractivity contribution in [1.29, 1.82) is 0 Å². The maximum absolute atomic E-state index is 13.3. The van der Waals surface area contributed by atoms with E-state index >= 15 is 0 Å². The van der Waals surface area contributed by atoms with Crippen LogP contribution in [-0.2, 0) is 0 Å². The molecule has 0 amide bonds. The Balaban J connectivity index is 2.34. The molecule has 0 spiro atoms. The van der Waals surface area contributed by atoms with E-state index in [0.717, 1.165) is 40.3 Å². The van der Waals surface area contributed by atoms with E-state index in [1.54, 1.807) is 19.1 Å². The fraction of sp³-hybridized carbons (Fsp3) is 0.200. The number of anilines is 1. The quantitative estimate of drug-likeness (QED) is 0.178. The molecule has 2 aromatic carbocycles. The van der Waals surface area contributed by atoms with Gasteiger partial charge in [-0.1, -0.05) is 24.6 Å². The van der Waals surface area contributed by atoms with Crippen molar-refractivity contribution in [2.75, 3.05) is 5.43 Å². The molecule has 150 valence electrons. The lowest BCUT2D eigenvalue weighted by Gasteiger charge is -2.24. The lowest BCUT2D eigenvalue weighted by Crippen LogP contribution is -2.44. The molecule has 28 heavy (non-hydrogen) atoms. The largest absolute Gasteiger partial charge is 0.508 e. The van der Waals surface area contributed by atoms with Gasteiger partial charge in [-0.2, -0.15) is 5.43 Å². The van der Waals surface area contributed by atoms with E-state index in [0.29, 0.717) is 0 Å². The molecule has 0 aliphatic rings. The Labute approximate surface area is 167 Å². The molecule has 0 radical (unpaired) electrons. The van der Waals surface area contributed by atoms with Crippen LogP contribution in [0.15, 0.2) is 59.1 Å². The molecule has 0 aliphatic carbocycles. The van der Waals surface area contributed by atoms with Crippen molar-refractivity contribution in [3.63, 3.8) is 0 Å². The smallest absolute Gasteiger partial charge is 0.262 e. The number of halogens is 1. The lowest BCUT2D eigenvalue weighted by molar-refractivity contribution is -1.20. The Kier molecular flexibility index (Phi) is 7.09. The van der Waals surface area contributed by atoms with Crippen LogP contribution in [0.1, 0.15) is 32.8 Å². The first-order valence-corrected chi connectivity index (χ1v) is 9.44. The Hall–Kier alpha value is -2.52. The Bertz CT molecular complexity index is 896. The van der Waals surface area contributed by atoms with Gasteiger partial charge < -0.3 is 10.2 Å². The molecular formula is C20H24FN2O4S+. The van der Waals surface area contributed by atoms with Crippen LogP contribution in [0, 0.1) is 5.82 Å². The van der Waals surface area contributed by atoms with Gasteiger partial charge in [0.1, 0.15) is 23.0 Å². The summed E-state index contributed by atoms with van der Waals surface area (Å²) < 4.78 is 13.3. The van der Waals surface area contributed by atoms with Crippen molar-refractivity contribution in [3.05, 3.63) is 70.5 Å². The number of thioether (sulfide) groups is 1. The lowest BCUT2D eigenvalue weighted by atomic mass is 10.1. The number of hydroxylamine groups is 2. The molecule has 0 saturated heterocycles. The molecule has 5 N–H and O–H groups in total. The Morgan fingerprint density at radius 2 is 1.79 bits per heavy atom. The summed E-state index contributed by atoms with van der Waals surface area (Å²) in [6, 6.07) is 9.66. The molecule has 2 aromatic rings. The Morgan fingerprint density at radius 1 is 1.14 bits per heavy atom. The first kappa shape index (κ1) is 21.8. The molecule has 8 heteroatoms. The molecule has 0 fully saturated rings. The summed E-state index contributed by atoms with van der Waals surface area (Å²) in [6.07, 6.45) is 2.24. The summed E-state index contributed by atoms with van der Waals surface area (Å²) >= 11 is 1.11. The minimum absolute atomic E-state index is 0.0160. The molecule has 2 rings (SSSR count). The number of aromatic hydroxyl groups is 2. The fourth-order valence-electron chi connectivity index (χ4n) is 2.40. The molecule has 0 unspecified atom stereocenters. The van der Waals surface area contributed by atoms with Gasteiger partial charge in [-0.25, -0.2) is 4.39 Å². The minimum Gasteiger partial charge on any atom is -0.508 e. The molecule has 0 saturated carbocycles. The number of benzene rings is 2. The van der Waals surface area contributed by atoms with Crippen LogP contribution in [0.4, 0.5) is 10.1 Å². The van der Waals surface area contributed by atoms with Crippen molar-refractivity contribution in [2.24, 2.45) is 0 Å². The summed E-state index contributed by atoms with van der Waals surface area (Å²) in [5.74, 6) is -0.852. The first-order valence-electron chi connectivity index (χ1n) is 8.63. The van der Waals surface area contributed by atoms with E-state index in [4.69, 9.17) is 0 Å². The van der Waals surface area contributed by atoms with Crippen LogP contribution in [0.5, 0.6) is 11.5 Å². The first-order chi connectivity index (χ1) is 13.2. The van der Waals surface area contributed by atoms with Crippen molar-refractivity contribution in [3.8, 4) is 11.5 Å². The van der Waals surface area contributed by atoms with Crippen LogP contribution in [0.25, 0.3) is 4.91 Å². The topological polar surface area (TPSA) is 93.0 Å². The average Bonchev–Trinajstić information content (AvgIpc) is 2.65. The van der Waals surface area contributed by atoms with E-state index in [2.05, 4.69) is 5.43 Å². The zero-order chi connectivity index (χ0) is 20.9. The number of hydrogen-bond donors (Lipinski definition) is 5. The summed E-state index contributed by atoms with van der Waals surface area (Å²) in [4.78, 5) is -0.959. The number of quaternary nitrogens is 1. The highest BCUT2D eigenvalue weighted by atomic mass is 32.2. The van der Waals surface area contributed by atoms with Gasteiger partial charge in [0.15, 0.2) is 0 Å². The number of allylic oxidation sites excluding steroid dienone is 2. The molecule has 0 aliphatic heterocycles. The average molecular weight is 407 g/mol. The van der Waals surface area contributed by atoms with Crippen LogP contribution < -0.4 is 5.43 Å². The highest BCUT2D eigenvalue weighted by molar-refractivity contribution is 8.11. The number of hydrogen-bond acceptors (Lipinski definition) is 6. The van der Waals surface area contributed by atoms with Crippen molar-refractivity contribution in [1.82, 2.24) is 0 Å². The van der Waals surface area contributed by atoms with Crippen LogP contribution in [-0.4, -0.2) is 25.5 Å². The zero-order valence-corrected chi connectivity index (χ0v) is 16.7.